The van der Waals surface area contributed by atoms with Crippen molar-refractivity contribution in [1.82, 2.24) is 15.3 Å². The number of allylic oxidation sites excluding steroid dienone is 2. The molecule has 0 spiro atoms. The number of rotatable bonds is 11. The van der Waals surface area contributed by atoms with Crippen LogP contribution in [0.2, 0.25) is 0 Å². The number of piperidine rings is 1. The summed E-state index contributed by atoms with van der Waals surface area (Å²) in [6.45, 7) is 14.0. The van der Waals surface area contributed by atoms with E-state index in [4.69, 9.17) is 9.72 Å². The van der Waals surface area contributed by atoms with Gasteiger partial charge in [0.1, 0.15) is 22.5 Å². The molecule has 3 aromatic rings. The molecule has 2 aliphatic rings. The average molecular weight is 580 g/mol. The maximum absolute atomic E-state index is 12.6. The minimum absolute atomic E-state index is 0.315. The Morgan fingerprint density at radius 3 is 2.60 bits per heavy atom. The quantitative estimate of drug-likeness (QED) is 0.205. The van der Waals surface area contributed by atoms with E-state index in [9.17, 15) is 4.21 Å². The van der Waals surface area contributed by atoms with Gasteiger partial charge in [0.15, 0.2) is 0 Å². The van der Waals surface area contributed by atoms with E-state index in [0.717, 1.165) is 69.4 Å². The first kappa shape index (κ1) is 30.1. The number of thioether (sulfide) groups is 1. The predicted octanol–water partition coefficient (Wildman–Crippen LogP) is 7.34. The van der Waals surface area contributed by atoms with Crippen molar-refractivity contribution in [3.63, 3.8) is 0 Å². The van der Waals surface area contributed by atoms with Crippen molar-refractivity contribution < 1.29 is 8.95 Å². The normalized spacial score (nSPS) is 18.1. The van der Waals surface area contributed by atoms with Crippen molar-refractivity contribution in [3.05, 3.63) is 71.6 Å². The smallest absolute Gasteiger partial charge is 0.223 e. The molecule has 3 N–H and O–H groups in total. The second-order valence-electron chi connectivity index (χ2n) is 9.96. The number of benzene rings is 2. The van der Waals surface area contributed by atoms with Gasteiger partial charge in [0, 0.05) is 35.3 Å². The fourth-order valence-corrected chi connectivity index (χ4v) is 6.53. The largest absolute Gasteiger partial charge is 0.460 e. The monoisotopic (exact) mass is 579 g/mol. The number of nitrogens with zero attached hydrogens (tertiary/aromatic N) is 2. The standard InChI is InChI=1S/C29H35N5O2S2.C2H6/c1-19(2)37-28(26-14-16-31-29(33-26)32-22-7-6-15-30-17-22)20(3)36-27-13-12-25(23-8-4-5-9-24(23)27)34-38(35)18-21-10-11-21;1-2/h4-5,8-9,12-14,16,21-22,30,34H,1,6-7,10-11,15,17-18H2,2-3H3,(H,31,32,33);1-2H3/b28-20+;. The van der Waals surface area contributed by atoms with Gasteiger partial charge in [-0.2, -0.15) is 0 Å². The highest BCUT2D eigenvalue weighted by Gasteiger charge is 2.24. The van der Waals surface area contributed by atoms with Gasteiger partial charge < -0.3 is 20.1 Å². The molecule has 0 bridgehead atoms. The molecule has 5 rings (SSSR count). The summed E-state index contributed by atoms with van der Waals surface area (Å²) in [6.07, 6.45) is 6.38. The molecule has 9 heteroatoms. The third kappa shape index (κ3) is 8.32. The molecule has 2 atom stereocenters. The number of hydrogen-bond donors (Lipinski definition) is 3. The molecule has 0 radical (unpaired) electrons. The summed E-state index contributed by atoms with van der Waals surface area (Å²) in [6, 6.07) is 14.2. The number of anilines is 2. The van der Waals surface area contributed by atoms with E-state index in [1.807, 2.05) is 70.2 Å². The van der Waals surface area contributed by atoms with Crippen LogP contribution in [0.5, 0.6) is 5.75 Å². The molecule has 1 saturated heterocycles. The van der Waals surface area contributed by atoms with Gasteiger partial charge in [-0.25, -0.2) is 14.2 Å². The van der Waals surface area contributed by atoms with Gasteiger partial charge in [0.05, 0.1) is 16.3 Å². The van der Waals surface area contributed by atoms with Gasteiger partial charge in [0.2, 0.25) is 5.95 Å². The summed E-state index contributed by atoms with van der Waals surface area (Å²) in [5.41, 5.74) is 1.64. The Bertz CT molecular complexity index is 1370. The number of ether oxygens (including phenoxy) is 1. The number of hydrogen-bond acceptors (Lipinski definition) is 7. The Morgan fingerprint density at radius 1 is 1.12 bits per heavy atom. The Kier molecular flexibility index (Phi) is 11.0. The van der Waals surface area contributed by atoms with Crippen LogP contribution in [-0.4, -0.2) is 39.1 Å². The van der Waals surface area contributed by atoms with E-state index in [0.29, 0.717) is 23.7 Å². The summed E-state index contributed by atoms with van der Waals surface area (Å²) in [7, 11) is -1.09. The lowest BCUT2D eigenvalue weighted by molar-refractivity contribution is 0.437. The summed E-state index contributed by atoms with van der Waals surface area (Å²) < 4.78 is 22.3. The Balaban J connectivity index is 0.00000181. The molecule has 0 amide bonds. The minimum Gasteiger partial charge on any atom is -0.460 e. The molecular weight excluding hydrogens is 539 g/mol. The zero-order valence-corrected chi connectivity index (χ0v) is 25.6. The molecular formula is C31H41N5O2S2. The third-order valence-corrected chi connectivity index (χ3v) is 8.84. The minimum atomic E-state index is -1.09. The van der Waals surface area contributed by atoms with Gasteiger partial charge in [0.25, 0.3) is 0 Å². The van der Waals surface area contributed by atoms with Gasteiger partial charge in [-0.05, 0) is 75.1 Å². The molecule has 2 fully saturated rings. The van der Waals surface area contributed by atoms with E-state index >= 15 is 0 Å². The summed E-state index contributed by atoms with van der Waals surface area (Å²) in [4.78, 5) is 11.1. The molecule has 214 valence electrons. The highest BCUT2D eigenvalue weighted by molar-refractivity contribution is 8.11. The highest BCUT2D eigenvalue weighted by Crippen LogP contribution is 2.38. The Hall–Kier alpha value is -2.88. The first-order chi connectivity index (χ1) is 19.5. The second kappa shape index (κ2) is 14.7. The molecule has 1 aliphatic carbocycles. The second-order valence-corrected chi connectivity index (χ2v) is 12.5. The lowest BCUT2D eigenvalue weighted by atomic mass is 10.1. The van der Waals surface area contributed by atoms with Crippen LogP contribution in [0.25, 0.3) is 15.7 Å². The maximum atomic E-state index is 12.6. The lowest BCUT2D eigenvalue weighted by Gasteiger charge is -2.24. The van der Waals surface area contributed by atoms with Crippen LogP contribution in [-0.2, 0) is 11.0 Å². The van der Waals surface area contributed by atoms with Crippen molar-refractivity contribution in [2.45, 2.75) is 59.4 Å². The zero-order valence-electron chi connectivity index (χ0n) is 24.0. The fourth-order valence-electron chi connectivity index (χ4n) is 4.51. The third-order valence-electron chi connectivity index (χ3n) is 6.57. The number of fused-ring (bicyclic) bond motifs is 1. The predicted molar refractivity (Wildman–Crippen MR) is 172 cm³/mol. The maximum Gasteiger partial charge on any atom is 0.223 e. The van der Waals surface area contributed by atoms with Crippen molar-refractivity contribution in [1.29, 1.82) is 0 Å². The van der Waals surface area contributed by atoms with Crippen LogP contribution < -0.4 is 20.1 Å². The van der Waals surface area contributed by atoms with Crippen LogP contribution in [0.4, 0.5) is 11.6 Å². The SMILES string of the molecule is C=C(C)S/C(=C(\C)Oc1ccc(NS(=O)CC2CC2)c2ccccc12)c1ccnc(NC2CCCNC2)n1.CC. The Morgan fingerprint density at radius 2 is 1.90 bits per heavy atom. The van der Waals surface area contributed by atoms with E-state index in [-0.39, 0.29) is 0 Å². The van der Waals surface area contributed by atoms with Crippen molar-refractivity contribution in [3.8, 4) is 5.75 Å². The van der Waals surface area contributed by atoms with E-state index in [2.05, 4.69) is 26.9 Å². The molecule has 7 nitrogen and oxygen atoms in total. The van der Waals surface area contributed by atoms with Crippen LogP contribution in [0.1, 0.15) is 59.1 Å². The van der Waals surface area contributed by atoms with E-state index < -0.39 is 11.0 Å². The van der Waals surface area contributed by atoms with Crippen molar-refractivity contribution in [2.24, 2.45) is 5.92 Å². The molecule has 1 aromatic heterocycles. The van der Waals surface area contributed by atoms with Crippen LogP contribution in [0, 0.1) is 5.92 Å². The first-order valence-electron chi connectivity index (χ1n) is 14.2. The van der Waals surface area contributed by atoms with Crippen molar-refractivity contribution >= 4 is 50.1 Å². The number of aromatic nitrogens is 2. The van der Waals surface area contributed by atoms with E-state index in [1.165, 1.54) is 12.8 Å². The number of nitrogens with one attached hydrogen (secondary N) is 3. The summed E-state index contributed by atoms with van der Waals surface area (Å²) in [5.74, 6) is 3.36. The molecule has 2 aromatic carbocycles. The van der Waals surface area contributed by atoms with Crippen molar-refractivity contribution in [2.75, 3.05) is 28.9 Å². The van der Waals surface area contributed by atoms with Gasteiger partial charge in [-0.1, -0.05) is 56.5 Å². The van der Waals surface area contributed by atoms with E-state index in [1.54, 1.807) is 18.0 Å². The lowest BCUT2D eigenvalue weighted by Crippen LogP contribution is -2.38. The topological polar surface area (TPSA) is 88.2 Å². The van der Waals surface area contributed by atoms with Gasteiger partial charge >= 0.3 is 0 Å². The zero-order chi connectivity index (χ0) is 28.5. The molecule has 2 heterocycles. The van der Waals surface area contributed by atoms with Crippen LogP contribution >= 0.6 is 11.8 Å². The van der Waals surface area contributed by atoms with Gasteiger partial charge in [-0.15, -0.1) is 0 Å². The fraction of sp³-hybridized carbons (Fsp3) is 0.419. The molecule has 40 heavy (non-hydrogen) atoms. The average Bonchev–Trinajstić information content (AvgIpc) is 3.78. The molecule has 2 unspecified atom stereocenters. The van der Waals surface area contributed by atoms with Gasteiger partial charge in [-0.3, -0.25) is 0 Å². The summed E-state index contributed by atoms with van der Waals surface area (Å²) in [5, 5.41) is 8.82. The molecule has 1 aliphatic heterocycles. The van der Waals surface area contributed by atoms with Crippen LogP contribution in [0.15, 0.2) is 65.9 Å². The Labute approximate surface area is 245 Å². The first-order valence-corrected chi connectivity index (χ1v) is 16.3. The molecule has 1 saturated carbocycles. The summed E-state index contributed by atoms with van der Waals surface area (Å²) >= 11 is 1.54. The van der Waals surface area contributed by atoms with Crippen LogP contribution in [0.3, 0.4) is 0 Å². The highest BCUT2D eigenvalue weighted by atomic mass is 32.2.